The van der Waals surface area contributed by atoms with Crippen molar-refractivity contribution in [3.05, 3.63) is 52.0 Å². The zero-order chi connectivity index (χ0) is 20.0. The van der Waals surface area contributed by atoms with Crippen molar-refractivity contribution in [1.29, 1.82) is 0 Å². The fraction of sp³-hybridized carbons (Fsp3) is 0.263. The Morgan fingerprint density at radius 2 is 1.81 bits per heavy atom. The Morgan fingerprint density at radius 1 is 1.07 bits per heavy atom. The molecule has 8 heteroatoms. The van der Waals surface area contributed by atoms with Gasteiger partial charge >= 0.3 is 0 Å². The summed E-state index contributed by atoms with van der Waals surface area (Å²) < 4.78 is 10.7. The number of rotatable bonds is 7. The quantitative estimate of drug-likeness (QED) is 0.753. The maximum absolute atomic E-state index is 12.2. The maximum atomic E-state index is 12.2. The molecule has 0 aliphatic rings. The number of hydrogen-bond acceptors (Lipinski definition) is 4. The lowest BCUT2D eigenvalue weighted by molar-refractivity contribution is -0.135. The number of likely N-dealkylation sites (N-methyl/N-ethyl adjacent to an activating group) is 1. The molecule has 0 aliphatic heterocycles. The van der Waals surface area contributed by atoms with Crippen LogP contribution in [0.1, 0.15) is 5.56 Å². The standard InChI is InChI=1S/C19H20Cl2N2O4/c1-12-4-7-16(17(8-12)26-3)27-11-19(25)23(2)10-18(24)22-13-5-6-14(20)15(21)9-13/h4-9H,10-11H2,1-3H3,(H,22,24). The highest BCUT2D eigenvalue weighted by atomic mass is 35.5. The molecule has 0 fully saturated rings. The van der Waals surface area contributed by atoms with E-state index < -0.39 is 0 Å². The lowest BCUT2D eigenvalue weighted by Gasteiger charge is -2.18. The first-order valence-electron chi connectivity index (χ1n) is 8.06. The van der Waals surface area contributed by atoms with Crippen molar-refractivity contribution in [2.24, 2.45) is 0 Å². The number of aryl methyl sites for hydroxylation is 1. The van der Waals surface area contributed by atoms with Gasteiger partial charge in [-0.05, 0) is 42.8 Å². The fourth-order valence-corrected chi connectivity index (χ4v) is 2.52. The minimum absolute atomic E-state index is 0.131. The molecule has 0 atom stereocenters. The Balaban J connectivity index is 1.87. The van der Waals surface area contributed by atoms with E-state index in [-0.39, 0.29) is 25.0 Å². The molecule has 0 aromatic heterocycles. The molecule has 0 heterocycles. The van der Waals surface area contributed by atoms with Crippen molar-refractivity contribution in [2.45, 2.75) is 6.92 Å². The largest absolute Gasteiger partial charge is 0.493 e. The van der Waals surface area contributed by atoms with Crippen LogP contribution in [0.2, 0.25) is 10.0 Å². The van der Waals surface area contributed by atoms with E-state index in [9.17, 15) is 9.59 Å². The van der Waals surface area contributed by atoms with Gasteiger partial charge in [-0.15, -0.1) is 0 Å². The predicted octanol–water partition coefficient (Wildman–Crippen LogP) is 3.79. The maximum Gasteiger partial charge on any atom is 0.260 e. The lowest BCUT2D eigenvalue weighted by atomic mass is 10.2. The highest BCUT2D eigenvalue weighted by Crippen LogP contribution is 2.27. The number of hydrogen-bond donors (Lipinski definition) is 1. The number of nitrogens with zero attached hydrogens (tertiary/aromatic N) is 1. The van der Waals surface area contributed by atoms with Crippen LogP contribution in [0, 0.1) is 6.92 Å². The van der Waals surface area contributed by atoms with Crippen molar-refractivity contribution >= 4 is 40.7 Å². The van der Waals surface area contributed by atoms with Crippen LogP contribution in [0.15, 0.2) is 36.4 Å². The van der Waals surface area contributed by atoms with Crippen LogP contribution < -0.4 is 14.8 Å². The molecule has 0 unspecified atom stereocenters. The van der Waals surface area contributed by atoms with E-state index in [1.165, 1.54) is 25.1 Å². The molecule has 0 saturated heterocycles. The molecule has 27 heavy (non-hydrogen) atoms. The van der Waals surface area contributed by atoms with Crippen LogP contribution in [-0.4, -0.2) is 44.0 Å². The van der Waals surface area contributed by atoms with E-state index in [1.807, 2.05) is 19.1 Å². The summed E-state index contributed by atoms with van der Waals surface area (Å²) in [6, 6.07) is 10.2. The number of anilines is 1. The van der Waals surface area contributed by atoms with E-state index in [0.29, 0.717) is 27.2 Å². The molecule has 2 amide bonds. The molecule has 0 saturated carbocycles. The van der Waals surface area contributed by atoms with Gasteiger partial charge in [-0.3, -0.25) is 9.59 Å². The van der Waals surface area contributed by atoms with Crippen molar-refractivity contribution in [2.75, 3.05) is 32.6 Å². The van der Waals surface area contributed by atoms with E-state index in [1.54, 1.807) is 18.2 Å². The third-order valence-corrected chi connectivity index (χ3v) is 4.42. The zero-order valence-electron chi connectivity index (χ0n) is 15.2. The van der Waals surface area contributed by atoms with E-state index >= 15 is 0 Å². The highest BCUT2D eigenvalue weighted by Gasteiger charge is 2.15. The fourth-order valence-electron chi connectivity index (χ4n) is 2.22. The van der Waals surface area contributed by atoms with Crippen LogP contribution >= 0.6 is 23.2 Å². The van der Waals surface area contributed by atoms with Gasteiger partial charge in [0, 0.05) is 12.7 Å². The second-order valence-corrected chi connectivity index (χ2v) is 6.68. The number of benzene rings is 2. The van der Waals surface area contributed by atoms with Gasteiger partial charge in [-0.25, -0.2) is 0 Å². The van der Waals surface area contributed by atoms with Gasteiger partial charge in [0.2, 0.25) is 5.91 Å². The topological polar surface area (TPSA) is 67.9 Å². The Labute approximate surface area is 168 Å². The predicted molar refractivity (Wildman–Crippen MR) is 106 cm³/mol. The first-order valence-corrected chi connectivity index (χ1v) is 8.82. The van der Waals surface area contributed by atoms with Crippen LogP contribution in [-0.2, 0) is 9.59 Å². The van der Waals surface area contributed by atoms with Gasteiger partial charge in [0.15, 0.2) is 18.1 Å². The number of amides is 2. The van der Waals surface area contributed by atoms with Crippen molar-refractivity contribution in [3.8, 4) is 11.5 Å². The summed E-state index contributed by atoms with van der Waals surface area (Å²) in [6.45, 7) is 1.58. The average molecular weight is 411 g/mol. The van der Waals surface area contributed by atoms with Gasteiger partial charge in [-0.1, -0.05) is 29.3 Å². The lowest BCUT2D eigenvalue weighted by Crippen LogP contribution is -2.37. The summed E-state index contributed by atoms with van der Waals surface area (Å²) in [6.07, 6.45) is 0. The highest BCUT2D eigenvalue weighted by molar-refractivity contribution is 6.42. The minimum atomic E-state index is -0.364. The average Bonchev–Trinajstić information content (AvgIpc) is 2.63. The molecule has 0 aliphatic carbocycles. The first kappa shape index (κ1) is 20.9. The molecule has 2 aromatic carbocycles. The van der Waals surface area contributed by atoms with Crippen LogP contribution in [0.25, 0.3) is 0 Å². The van der Waals surface area contributed by atoms with Crippen molar-refractivity contribution in [1.82, 2.24) is 4.90 Å². The molecule has 2 aromatic rings. The van der Waals surface area contributed by atoms with Gasteiger partial charge < -0.3 is 19.7 Å². The van der Waals surface area contributed by atoms with Crippen LogP contribution in [0.5, 0.6) is 11.5 Å². The molecule has 0 bridgehead atoms. The second-order valence-electron chi connectivity index (χ2n) is 5.87. The molecular weight excluding hydrogens is 391 g/mol. The summed E-state index contributed by atoms with van der Waals surface area (Å²) in [5.41, 5.74) is 1.51. The summed E-state index contributed by atoms with van der Waals surface area (Å²) in [4.78, 5) is 25.6. The van der Waals surface area contributed by atoms with Gasteiger partial charge in [0.1, 0.15) is 0 Å². The molecule has 0 spiro atoms. The summed E-state index contributed by atoms with van der Waals surface area (Å²) in [5.74, 6) is 0.298. The molecular formula is C19H20Cl2N2O4. The van der Waals surface area contributed by atoms with Gasteiger partial charge in [-0.2, -0.15) is 0 Å². The zero-order valence-corrected chi connectivity index (χ0v) is 16.7. The van der Waals surface area contributed by atoms with Crippen molar-refractivity contribution < 1.29 is 19.1 Å². The summed E-state index contributed by atoms with van der Waals surface area (Å²) in [7, 11) is 3.05. The van der Waals surface area contributed by atoms with E-state index in [4.69, 9.17) is 32.7 Å². The SMILES string of the molecule is COc1cc(C)ccc1OCC(=O)N(C)CC(=O)Nc1ccc(Cl)c(Cl)c1. The number of carbonyl (C=O) groups excluding carboxylic acids is 2. The second kappa shape index (κ2) is 9.48. The Bertz CT molecular complexity index is 842. The normalized spacial score (nSPS) is 10.3. The smallest absolute Gasteiger partial charge is 0.260 e. The number of halogens is 2. The third-order valence-electron chi connectivity index (χ3n) is 3.68. The number of methoxy groups -OCH3 is 1. The van der Waals surface area contributed by atoms with Crippen LogP contribution in [0.3, 0.4) is 0 Å². The minimum Gasteiger partial charge on any atom is -0.493 e. The molecule has 2 rings (SSSR count). The summed E-state index contributed by atoms with van der Waals surface area (Å²) in [5, 5.41) is 3.38. The number of ether oxygens (including phenoxy) is 2. The molecule has 0 radical (unpaired) electrons. The molecule has 1 N–H and O–H groups in total. The Hall–Kier alpha value is -2.44. The third kappa shape index (κ3) is 6.05. The Morgan fingerprint density at radius 3 is 2.48 bits per heavy atom. The Kier molecular flexibility index (Phi) is 7.33. The summed E-state index contributed by atoms with van der Waals surface area (Å²) >= 11 is 11.8. The number of carbonyl (C=O) groups is 2. The molecule has 6 nitrogen and oxygen atoms in total. The van der Waals surface area contributed by atoms with E-state index in [0.717, 1.165) is 5.56 Å². The van der Waals surface area contributed by atoms with Crippen LogP contribution in [0.4, 0.5) is 5.69 Å². The molecule has 144 valence electrons. The first-order chi connectivity index (χ1) is 12.8. The monoisotopic (exact) mass is 410 g/mol. The van der Waals surface area contributed by atoms with Gasteiger partial charge in [0.05, 0.1) is 23.7 Å². The van der Waals surface area contributed by atoms with E-state index in [2.05, 4.69) is 5.32 Å². The van der Waals surface area contributed by atoms with Gasteiger partial charge in [0.25, 0.3) is 5.91 Å². The van der Waals surface area contributed by atoms with Crippen molar-refractivity contribution in [3.63, 3.8) is 0 Å². The number of nitrogens with one attached hydrogen (secondary N) is 1.